The fourth-order valence-corrected chi connectivity index (χ4v) is 9.13. The van der Waals surface area contributed by atoms with E-state index in [4.69, 9.17) is 9.97 Å². The van der Waals surface area contributed by atoms with Crippen LogP contribution >= 0.6 is 0 Å². The molecular formula is C56H44N4. The van der Waals surface area contributed by atoms with Crippen molar-refractivity contribution in [1.29, 1.82) is 0 Å². The summed E-state index contributed by atoms with van der Waals surface area (Å²) in [7, 11) is 0. The highest BCUT2D eigenvalue weighted by Gasteiger charge is 2.22. The molecule has 4 nitrogen and oxygen atoms in total. The quantitative estimate of drug-likeness (QED) is 0.169. The Balaban J connectivity index is 1.01. The van der Waals surface area contributed by atoms with Gasteiger partial charge in [-0.25, -0.2) is 9.97 Å². The van der Waals surface area contributed by atoms with E-state index in [2.05, 4.69) is 218 Å². The van der Waals surface area contributed by atoms with Crippen LogP contribution in [-0.4, -0.2) is 19.1 Å². The second-order valence-corrected chi connectivity index (χ2v) is 17.1. The molecule has 60 heavy (non-hydrogen) atoms. The Morgan fingerprint density at radius 2 is 1.07 bits per heavy atom. The van der Waals surface area contributed by atoms with Gasteiger partial charge in [0.1, 0.15) is 0 Å². The minimum atomic E-state index is -0.00491. The van der Waals surface area contributed by atoms with E-state index in [-0.39, 0.29) is 11.3 Å². The van der Waals surface area contributed by atoms with Gasteiger partial charge >= 0.3 is 0 Å². The molecule has 4 heteroatoms. The fourth-order valence-electron chi connectivity index (χ4n) is 9.13. The third kappa shape index (κ3) is 6.15. The van der Waals surface area contributed by atoms with Crippen molar-refractivity contribution in [2.45, 2.75) is 38.5 Å². The number of hydrogen-bond donors (Lipinski definition) is 0. The summed E-state index contributed by atoms with van der Waals surface area (Å²) < 4.78 is 4.63. The van der Waals surface area contributed by atoms with Crippen LogP contribution in [0.2, 0.25) is 0 Å². The Hall–Kier alpha value is -7.30. The molecule has 288 valence electrons. The molecule has 7 aromatic carbocycles. The molecular weight excluding hydrogens is 729 g/mol. The first-order valence-corrected chi connectivity index (χ1v) is 20.9. The maximum atomic E-state index is 5.33. The zero-order valence-corrected chi connectivity index (χ0v) is 34.0. The molecule has 3 heterocycles. The average molecular weight is 773 g/mol. The molecule has 0 aliphatic heterocycles. The number of para-hydroxylation sites is 2. The van der Waals surface area contributed by atoms with Gasteiger partial charge in [0.15, 0.2) is 0 Å². The third-order valence-electron chi connectivity index (χ3n) is 12.3. The highest BCUT2D eigenvalue weighted by Crippen LogP contribution is 2.40. The summed E-state index contributed by atoms with van der Waals surface area (Å²) in [6.07, 6.45) is 9.70. The highest BCUT2D eigenvalue weighted by molar-refractivity contribution is 6.12. The van der Waals surface area contributed by atoms with E-state index in [1.165, 1.54) is 71.5 Å². The minimum Gasteiger partial charge on any atom is -0.309 e. The number of hydrogen-bond acceptors (Lipinski definition) is 2. The lowest BCUT2D eigenvalue weighted by Gasteiger charge is -2.19. The van der Waals surface area contributed by atoms with Crippen molar-refractivity contribution in [1.82, 2.24) is 19.1 Å². The molecule has 0 N–H and O–H groups in total. The van der Waals surface area contributed by atoms with Gasteiger partial charge in [0.25, 0.3) is 0 Å². The Kier molecular flexibility index (Phi) is 8.49. The molecule has 0 fully saturated rings. The molecule has 11 rings (SSSR count). The van der Waals surface area contributed by atoms with Crippen molar-refractivity contribution in [3.63, 3.8) is 0 Å². The van der Waals surface area contributed by atoms with Gasteiger partial charge in [-0.1, -0.05) is 148 Å². The summed E-state index contributed by atoms with van der Waals surface area (Å²) in [5.74, 6) is 0.825. The fraction of sp³-hybridized carbons (Fsp3) is 0.107. The average Bonchev–Trinajstić information content (AvgIpc) is 3.81. The van der Waals surface area contributed by atoms with Crippen LogP contribution in [0.3, 0.4) is 0 Å². The van der Waals surface area contributed by atoms with Crippen LogP contribution in [-0.2, 0) is 5.41 Å². The Morgan fingerprint density at radius 1 is 0.500 bits per heavy atom. The first kappa shape index (κ1) is 35.8. The van der Waals surface area contributed by atoms with E-state index in [0.717, 1.165) is 28.8 Å². The summed E-state index contributed by atoms with van der Waals surface area (Å²) in [5, 5.41) is 4.89. The Morgan fingerprint density at radius 3 is 1.80 bits per heavy atom. The van der Waals surface area contributed by atoms with Crippen molar-refractivity contribution in [2.24, 2.45) is 0 Å². The Labute approximate surface area is 350 Å². The van der Waals surface area contributed by atoms with E-state index < -0.39 is 0 Å². The van der Waals surface area contributed by atoms with Crippen molar-refractivity contribution >= 4 is 49.2 Å². The van der Waals surface area contributed by atoms with Gasteiger partial charge in [-0.2, -0.15) is 0 Å². The van der Waals surface area contributed by atoms with Crippen molar-refractivity contribution in [2.75, 3.05) is 0 Å². The molecule has 1 atom stereocenters. The number of fused-ring (bicyclic) bond motifs is 6. The van der Waals surface area contributed by atoms with Crippen molar-refractivity contribution < 1.29 is 0 Å². The van der Waals surface area contributed by atoms with E-state index in [9.17, 15) is 0 Å². The van der Waals surface area contributed by atoms with Crippen LogP contribution in [0.25, 0.3) is 83.1 Å². The molecule has 0 amide bonds. The molecule has 10 aromatic rings. The van der Waals surface area contributed by atoms with Crippen LogP contribution in [0.15, 0.2) is 194 Å². The standard InChI is InChI=1S/C56H44N4/c1-56(2,3)44-27-30-54-49(36-44)48-35-42(41-25-28-52-47(34-41)46-19-10-11-20-51(46)59(52)45-17-8-5-9-18-45)26-29-53(48)60(54)55-57-32-31-50(58-55)43-16-12-15-40(33-43)39-23-21-38(22-24-39)37-13-6-4-7-14-37/h4-15,17-36,43H,16H2,1-3H3. The monoisotopic (exact) mass is 772 g/mol. The van der Waals surface area contributed by atoms with Gasteiger partial charge in [-0.15, -0.1) is 0 Å². The largest absolute Gasteiger partial charge is 0.309 e. The Bertz CT molecular complexity index is 3300. The van der Waals surface area contributed by atoms with Crippen LogP contribution in [0.4, 0.5) is 0 Å². The van der Waals surface area contributed by atoms with E-state index >= 15 is 0 Å². The zero-order chi connectivity index (χ0) is 40.4. The van der Waals surface area contributed by atoms with Crippen LogP contribution in [0.1, 0.15) is 49.9 Å². The number of allylic oxidation sites excluding steroid dienone is 4. The topological polar surface area (TPSA) is 35.6 Å². The molecule has 1 aliphatic rings. The summed E-state index contributed by atoms with van der Waals surface area (Å²) in [6.45, 7) is 6.85. The lowest BCUT2D eigenvalue weighted by molar-refractivity contribution is 0.591. The third-order valence-corrected chi connectivity index (χ3v) is 12.3. The lowest BCUT2D eigenvalue weighted by Crippen LogP contribution is -2.10. The van der Waals surface area contributed by atoms with Gasteiger partial charge in [0.05, 0.1) is 27.8 Å². The smallest absolute Gasteiger partial charge is 0.234 e. The molecule has 0 saturated carbocycles. The molecule has 1 aliphatic carbocycles. The zero-order valence-electron chi connectivity index (χ0n) is 34.0. The normalized spacial score (nSPS) is 14.4. The second kappa shape index (κ2) is 14.2. The van der Waals surface area contributed by atoms with Crippen molar-refractivity contribution in [3.8, 4) is 33.9 Å². The second-order valence-electron chi connectivity index (χ2n) is 17.1. The van der Waals surface area contributed by atoms with Crippen LogP contribution < -0.4 is 0 Å². The van der Waals surface area contributed by atoms with Gasteiger partial charge in [-0.05, 0) is 111 Å². The molecule has 0 spiro atoms. The molecule has 0 saturated heterocycles. The van der Waals surface area contributed by atoms with E-state index in [0.29, 0.717) is 5.95 Å². The lowest BCUT2D eigenvalue weighted by atomic mass is 9.86. The van der Waals surface area contributed by atoms with Crippen LogP contribution in [0.5, 0.6) is 0 Å². The van der Waals surface area contributed by atoms with Gasteiger partial charge in [0.2, 0.25) is 5.95 Å². The van der Waals surface area contributed by atoms with Crippen molar-refractivity contribution in [3.05, 3.63) is 211 Å². The van der Waals surface area contributed by atoms with Gasteiger partial charge < -0.3 is 4.57 Å². The number of nitrogens with zero attached hydrogens (tertiary/aromatic N) is 4. The number of benzene rings is 7. The highest BCUT2D eigenvalue weighted by atomic mass is 15.2. The summed E-state index contributed by atoms with van der Waals surface area (Å²) in [6, 6.07) is 61.6. The summed E-state index contributed by atoms with van der Waals surface area (Å²) in [5.41, 5.74) is 15.3. The predicted octanol–water partition coefficient (Wildman–Crippen LogP) is 14.4. The number of aromatic nitrogens is 4. The SMILES string of the molecule is CC(C)(C)c1ccc2c(c1)c1cc(-c3ccc4c(c3)c3ccccc3n4-c3ccccc3)ccc1n2-c1nccc(C2C=C(c3ccc(-c4ccccc4)cc3)C=CC2)n1. The first-order valence-electron chi connectivity index (χ1n) is 20.9. The number of rotatable bonds is 6. The minimum absolute atomic E-state index is 0.00491. The summed E-state index contributed by atoms with van der Waals surface area (Å²) in [4.78, 5) is 10.3. The first-order chi connectivity index (χ1) is 29.4. The predicted molar refractivity (Wildman–Crippen MR) is 251 cm³/mol. The maximum Gasteiger partial charge on any atom is 0.234 e. The molecule has 3 aromatic heterocycles. The maximum absolute atomic E-state index is 5.33. The van der Waals surface area contributed by atoms with Crippen LogP contribution in [0, 0.1) is 0 Å². The van der Waals surface area contributed by atoms with Gasteiger partial charge in [0, 0.05) is 39.3 Å². The van der Waals surface area contributed by atoms with E-state index in [1.54, 1.807) is 0 Å². The summed E-state index contributed by atoms with van der Waals surface area (Å²) >= 11 is 0. The van der Waals surface area contributed by atoms with E-state index in [1.807, 2.05) is 6.20 Å². The molecule has 1 unspecified atom stereocenters. The molecule has 0 bridgehead atoms. The molecule has 0 radical (unpaired) electrons. The van der Waals surface area contributed by atoms with Gasteiger partial charge in [-0.3, -0.25) is 4.57 Å².